The maximum absolute atomic E-state index is 12.5. The van der Waals surface area contributed by atoms with E-state index in [1.54, 1.807) is 31.4 Å². The summed E-state index contributed by atoms with van der Waals surface area (Å²) < 4.78 is 33.6. The van der Waals surface area contributed by atoms with Crippen LogP contribution in [0.4, 0.5) is 0 Å². The zero-order valence-corrected chi connectivity index (χ0v) is 15.5. The fourth-order valence-electron chi connectivity index (χ4n) is 2.62. The van der Waals surface area contributed by atoms with E-state index in [0.717, 1.165) is 9.87 Å². The van der Waals surface area contributed by atoms with Crippen LogP contribution in [0.25, 0.3) is 0 Å². The van der Waals surface area contributed by atoms with Crippen LogP contribution in [-0.4, -0.2) is 44.4 Å². The second kappa shape index (κ2) is 6.70. The van der Waals surface area contributed by atoms with Gasteiger partial charge in [0.05, 0.1) is 7.11 Å². The van der Waals surface area contributed by atoms with Crippen molar-refractivity contribution in [2.24, 2.45) is 0 Å². The van der Waals surface area contributed by atoms with Gasteiger partial charge in [-0.3, -0.25) is 4.79 Å². The molecule has 0 saturated carbocycles. The highest BCUT2D eigenvalue weighted by molar-refractivity contribution is 7.87. The van der Waals surface area contributed by atoms with Gasteiger partial charge in [0, 0.05) is 18.6 Å². The minimum absolute atomic E-state index is 0.298. The van der Waals surface area contributed by atoms with Crippen molar-refractivity contribution in [2.45, 2.75) is 44.8 Å². The van der Waals surface area contributed by atoms with Crippen LogP contribution in [0.3, 0.4) is 0 Å². The molecule has 134 valence electrons. The van der Waals surface area contributed by atoms with Gasteiger partial charge >= 0.3 is 0 Å². The Labute approximate surface area is 143 Å². The van der Waals surface area contributed by atoms with Crippen molar-refractivity contribution in [3.05, 3.63) is 29.8 Å². The smallest absolute Gasteiger partial charge is 0.280 e. The van der Waals surface area contributed by atoms with E-state index >= 15 is 0 Å². The van der Waals surface area contributed by atoms with E-state index in [1.165, 1.54) is 7.05 Å². The zero-order chi connectivity index (χ0) is 18.1. The van der Waals surface area contributed by atoms with E-state index in [2.05, 4.69) is 10.0 Å². The van der Waals surface area contributed by atoms with Crippen molar-refractivity contribution < 1.29 is 17.9 Å². The van der Waals surface area contributed by atoms with Gasteiger partial charge < -0.3 is 10.1 Å². The summed E-state index contributed by atoms with van der Waals surface area (Å²) in [5.41, 5.74) is 0.364. The number of carbonyl (C=O) groups is 1. The Balaban J connectivity index is 2.27. The predicted molar refractivity (Wildman–Crippen MR) is 91.9 cm³/mol. The lowest BCUT2D eigenvalue weighted by Crippen LogP contribution is -2.59. The second-order valence-corrected chi connectivity index (χ2v) is 8.72. The van der Waals surface area contributed by atoms with Crippen LogP contribution in [-0.2, 0) is 15.0 Å². The molecular formula is C16H25N3O4S. The van der Waals surface area contributed by atoms with Crippen LogP contribution in [0, 0.1) is 0 Å². The average Bonchev–Trinajstić information content (AvgIpc) is 2.48. The maximum atomic E-state index is 12.5. The Morgan fingerprint density at radius 3 is 2.38 bits per heavy atom. The third kappa shape index (κ3) is 4.25. The van der Waals surface area contributed by atoms with Crippen molar-refractivity contribution in [2.75, 3.05) is 14.2 Å². The molecule has 24 heavy (non-hydrogen) atoms. The number of amides is 1. The summed E-state index contributed by atoms with van der Waals surface area (Å²) in [4.78, 5) is 12.5. The van der Waals surface area contributed by atoms with Gasteiger partial charge in [-0.25, -0.2) is 0 Å². The molecule has 1 aliphatic rings. The Kier molecular flexibility index (Phi) is 5.22. The Hall–Kier alpha value is -1.64. The van der Waals surface area contributed by atoms with Crippen molar-refractivity contribution in [3.8, 4) is 5.75 Å². The zero-order valence-electron chi connectivity index (χ0n) is 14.7. The summed E-state index contributed by atoms with van der Waals surface area (Å²) in [6.07, 6.45) is 0.351. The van der Waals surface area contributed by atoms with E-state index in [9.17, 15) is 13.2 Å². The molecule has 7 nitrogen and oxygen atoms in total. The molecule has 2 N–H and O–H groups in total. The number of ether oxygens (including phenoxy) is 1. The van der Waals surface area contributed by atoms with E-state index < -0.39 is 27.8 Å². The molecule has 0 aliphatic carbocycles. The van der Waals surface area contributed by atoms with Gasteiger partial charge in [-0.05, 0) is 44.9 Å². The number of carbonyl (C=O) groups excluding carboxylic acids is 1. The molecule has 0 radical (unpaired) electrons. The number of benzene rings is 1. The molecule has 1 aromatic carbocycles. The molecule has 0 spiro atoms. The average molecular weight is 355 g/mol. The van der Waals surface area contributed by atoms with Crippen molar-refractivity contribution in [1.82, 2.24) is 14.3 Å². The number of rotatable bonds is 3. The van der Waals surface area contributed by atoms with E-state index in [-0.39, 0.29) is 5.91 Å². The number of hydrogen-bond acceptors (Lipinski definition) is 4. The van der Waals surface area contributed by atoms with Crippen molar-refractivity contribution >= 4 is 16.1 Å². The number of nitrogens with zero attached hydrogens (tertiary/aromatic N) is 1. The third-order valence-electron chi connectivity index (χ3n) is 3.89. The highest BCUT2D eigenvalue weighted by atomic mass is 32.2. The van der Waals surface area contributed by atoms with Gasteiger partial charge in [0.2, 0.25) is 5.91 Å². The number of nitrogens with one attached hydrogen (secondary N) is 2. The standard InChI is InChI=1S/C16H25N3O4S/c1-16(2,3)17-15(20)14-10-13(18-24(21,22)19(14)4)11-6-8-12(23-5)9-7-11/h6-9,13-14,18H,10H2,1-5H3,(H,17,20). The van der Waals surface area contributed by atoms with Gasteiger partial charge in [-0.15, -0.1) is 0 Å². The van der Waals surface area contributed by atoms with Gasteiger partial charge in [0.1, 0.15) is 11.8 Å². The topological polar surface area (TPSA) is 87.7 Å². The summed E-state index contributed by atoms with van der Waals surface area (Å²) in [5.74, 6) is 0.394. The molecule has 2 rings (SSSR count). The van der Waals surface area contributed by atoms with Crippen LogP contribution in [0.5, 0.6) is 5.75 Å². The molecule has 8 heteroatoms. The summed E-state index contributed by atoms with van der Waals surface area (Å²) in [6.45, 7) is 5.59. The van der Waals surface area contributed by atoms with Crippen molar-refractivity contribution in [1.29, 1.82) is 0 Å². The monoisotopic (exact) mass is 355 g/mol. The highest BCUT2D eigenvalue weighted by Crippen LogP contribution is 2.29. The molecule has 1 heterocycles. The molecule has 1 aromatic rings. The molecule has 1 aliphatic heterocycles. The van der Waals surface area contributed by atoms with Gasteiger partial charge in [0.15, 0.2) is 0 Å². The fourth-order valence-corrected chi connectivity index (χ4v) is 3.89. The summed E-state index contributed by atoms with van der Waals surface area (Å²) >= 11 is 0. The molecule has 0 aromatic heterocycles. The van der Waals surface area contributed by atoms with E-state index in [0.29, 0.717) is 12.2 Å². The van der Waals surface area contributed by atoms with E-state index in [4.69, 9.17) is 4.74 Å². The van der Waals surface area contributed by atoms with Crippen LogP contribution >= 0.6 is 0 Å². The van der Waals surface area contributed by atoms with Crippen LogP contribution in [0.1, 0.15) is 38.8 Å². The van der Waals surface area contributed by atoms with Crippen LogP contribution in [0.2, 0.25) is 0 Å². The molecular weight excluding hydrogens is 330 g/mol. The molecule has 1 amide bonds. The second-order valence-electron chi connectivity index (χ2n) is 6.96. The number of likely N-dealkylation sites (N-methyl/N-ethyl adjacent to an activating group) is 1. The lowest BCUT2D eigenvalue weighted by atomic mass is 9.98. The summed E-state index contributed by atoms with van der Waals surface area (Å²) in [7, 11) is -0.747. The lowest BCUT2D eigenvalue weighted by Gasteiger charge is -2.37. The number of methoxy groups -OCH3 is 1. The first-order valence-electron chi connectivity index (χ1n) is 7.75. The summed E-state index contributed by atoms with van der Waals surface area (Å²) in [5, 5.41) is 2.85. The maximum Gasteiger partial charge on any atom is 0.280 e. The third-order valence-corrected chi connectivity index (χ3v) is 5.48. The quantitative estimate of drug-likeness (QED) is 0.852. The fraction of sp³-hybridized carbons (Fsp3) is 0.562. The van der Waals surface area contributed by atoms with Crippen molar-refractivity contribution in [3.63, 3.8) is 0 Å². The van der Waals surface area contributed by atoms with Gasteiger partial charge in [0.25, 0.3) is 10.2 Å². The predicted octanol–water partition coefficient (Wildman–Crippen LogP) is 1.19. The molecule has 2 atom stereocenters. The van der Waals surface area contributed by atoms with Crippen LogP contribution in [0.15, 0.2) is 24.3 Å². The SMILES string of the molecule is COc1ccc(C2CC(C(=O)NC(C)(C)C)N(C)S(=O)(=O)N2)cc1. The first-order chi connectivity index (χ1) is 11.0. The molecule has 2 unspecified atom stereocenters. The molecule has 1 saturated heterocycles. The minimum Gasteiger partial charge on any atom is -0.497 e. The number of hydrogen-bond donors (Lipinski definition) is 2. The first kappa shape index (κ1) is 18.7. The Morgan fingerprint density at radius 1 is 1.29 bits per heavy atom. The van der Waals surface area contributed by atoms with E-state index in [1.807, 2.05) is 20.8 Å². The minimum atomic E-state index is -3.73. The van der Waals surface area contributed by atoms with Gasteiger partial charge in [-0.2, -0.15) is 17.4 Å². The lowest BCUT2D eigenvalue weighted by molar-refractivity contribution is -0.126. The van der Waals surface area contributed by atoms with Crippen LogP contribution < -0.4 is 14.8 Å². The summed E-state index contributed by atoms with van der Waals surface area (Å²) in [6, 6.07) is 5.92. The molecule has 0 bridgehead atoms. The largest absolute Gasteiger partial charge is 0.497 e. The van der Waals surface area contributed by atoms with Gasteiger partial charge in [-0.1, -0.05) is 12.1 Å². The normalized spacial score (nSPS) is 24.4. The highest BCUT2D eigenvalue weighted by Gasteiger charge is 2.41. The molecule has 1 fully saturated rings. The Bertz CT molecular complexity index is 695. The first-order valence-corrected chi connectivity index (χ1v) is 9.19. The Morgan fingerprint density at radius 2 is 1.88 bits per heavy atom.